The molecule has 6 nitrogen and oxygen atoms in total. The first-order valence-corrected chi connectivity index (χ1v) is 8.39. The predicted octanol–water partition coefficient (Wildman–Crippen LogP) is 3.97. The Labute approximate surface area is 180 Å². The van der Waals surface area contributed by atoms with Crippen molar-refractivity contribution < 1.29 is 22.7 Å². The lowest BCUT2D eigenvalue weighted by atomic mass is 10.2. The highest BCUT2D eigenvalue weighted by molar-refractivity contribution is 14.0. The molecule has 0 aliphatic heterocycles. The lowest BCUT2D eigenvalue weighted by molar-refractivity contribution is -0.0504. The summed E-state index contributed by atoms with van der Waals surface area (Å²) in [5.74, 6) is 1.97. The Morgan fingerprint density at radius 3 is 2.79 bits per heavy atom. The van der Waals surface area contributed by atoms with Crippen LogP contribution in [0.4, 0.5) is 8.78 Å². The molecule has 0 aliphatic rings. The van der Waals surface area contributed by atoms with Crippen LogP contribution in [0.2, 0.25) is 0 Å². The highest BCUT2D eigenvalue weighted by Crippen LogP contribution is 2.26. The topological polar surface area (TPSA) is 68.0 Å². The Kier molecular flexibility index (Phi) is 11.0. The third-order valence-corrected chi connectivity index (χ3v) is 3.55. The number of benzene rings is 1. The molecule has 1 aromatic heterocycles. The van der Waals surface area contributed by atoms with E-state index in [1.807, 2.05) is 12.1 Å². The molecule has 0 bridgehead atoms. The number of aliphatic imine (C=N–C) groups is 1. The number of guanidine groups is 1. The van der Waals surface area contributed by atoms with Crippen molar-refractivity contribution in [3.05, 3.63) is 60.6 Å². The Morgan fingerprint density at radius 2 is 2.14 bits per heavy atom. The van der Waals surface area contributed by atoms with Crippen molar-refractivity contribution in [3.8, 4) is 11.5 Å². The molecule has 9 heteroatoms. The highest BCUT2D eigenvalue weighted by Gasteiger charge is 2.11. The fourth-order valence-corrected chi connectivity index (χ4v) is 2.28. The number of alkyl halides is 2. The molecule has 0 amide bonds. The maximum Gasteiger partial charge on any atom is 0.387 e. The second-order valence-corrected chi connectivity index (χ2v) is 5.44. The molecule has 0 saturated carbocycles. The zero-order valence-electron chi connectivity index (χ0n) is 15.5. The van der Waals surface area contributed by atoms with E-state index in [9.17, 15) is 8.78 Å². The Balaban J connectivity index is 0.00000392. The average Bonchev–Trinajstić information content (AvgIpc) is 3.17. The summed E-state index contributed by atoms with van der Waals surface area (Å²) in [7, 11) is 1.50. The van der Waals surface area contributed by atoms with Crippen LogP contribution in [0.15, 0.2) is 58.7 Å². The van der Waals surface area contributed by atoms with Crippen LogP contribution >= 0.6 is 24.0 Å². The van der Waals surface area contributed by atoms with Gasteiger partial charge < -0.3 is 24.5 Å². The van der Waals surface area contributed by atoms with Gasteiger partial charge in [0.15, 0.2) is 5.96 Å². The summed E-state index contributed by atoms with van der Waals surface area (Å²) in [6.45, 7) is 1.98. The first-order chi connectivity index (χ1) is 13.1. The average molecular weight is 507 g/mol. The van der Waals surface area contributed by atoms with Gasteiger partial charge in [-0.15, -0.1) is 30.6 Å². The number of ether oxygens (including phenoxy) is 2. The second-order valence-electron chi connectivity index (χ2n) is 5.44. The van der Waals surface area contributed by atoms with Crippen molar-refractivity contribution in [2.45, 2.75) is 19.6 Å². The number of methoxy groups -OCH3 is 1. The molecular formula is C19H24F2IN3O3. The van der Waals surface area contributed by atoms with Gasteiger partial charge in [-0.2, -0.15) is 8.78 Å². The SMILES string of the molecule is C=CCNC(=NCc1cc(OC)ccc1OC(F)F)NCCc1ccco1.I. The monoisotopic (exact) mass is 507 g/mol. The van der Waals surface area contributed by atoms with E-state index in [-0.39, 0.29) is 36.3 Å². The molecule has 0 unspecified atom stereocenters. The van der Waals surface area contributed by atoms with E-state index in [1.165, 1.54) is 13.2 Å². The minimum atomic E-state index is -2.91. The van der Waals surface area contributed by atoms with Crippen molar-refractivity contribution in [3.63, 3.8) is 0 Å². The van der Waals surface area contributed by atoms with Gasteiger partial charge in [-0.1, -0.05) is 6.08 Å². The van der Waals surface area contributed by atoms with Crippen LogP contribution in [-0.2, 0) is 13.0 Å². The van der Waals surface area contributed by atoms with Crippen molar-refractivity contribution in [2.24, 2.45) is 4.99 Å². The van der Waals surface area contributed by atoms with E-state index in [2.05, 4.69) is 26.9 Å². The maximum atomic E-state index is 12.6. The largest absolute Gasteiger partial charge is 0.497 e. The summed E-state index contributed by atoms with van der Waals surface area (Å²) in [6.07, 6.45) is 3.99. The van der Waals surface area contributed by atoms with Gasteiger partial charge in [-0.25, -0.2) is 4.99 Å². The third kappa shape index (κ3) is 8.15. The summed E-state index contributed by atoms with van der Waals surface area (Å²) in [6, 6.07) is 8.34. The van der Waals surface area contributed by atoms with E-state index >= 15 is 0 Å². The molecule has 2 rings (SSSR count). The molecule has 0 atom stereocenters. The fraction of sp³-hybridized carbons (Fsp3) is 0.316. The first kappa shape index (κ1) is 23.7. The molecule has 2 N–H and O–H groups in total. The zero-order valence-corrected chi connectivity index (χ0v) is 17.8. The molecule has 2 aromatic rings. The van der Waals surface area contributed by atoms with Crippen LogP contribution in [0, 0.1) is 0 Å². The minimum absolute atomic E-state index is 0. The molecule has 154 valence electrons. The number of rotatable bonds is 10. The van der Waals surface area contributed by atoms with E-state index in [0.717, 1.165) is 5.76 Å². The lowest BCUT2D eigenvalue weighted by Gasteiger charge is -2.13. The van der Waals surface area contributed by atoms with Crippen molar-refractivity contribution in [1.82, 2.24) is 10.6 Å². The Hall–Kier alpha value is -2.30. The van der Waals surface area contributed by atoms with Gasteiger partial charge in [0.2, 0.25) is 0 Å². The highest BCUT2D eigenvalue weighted by atomic mass is 127. The van der Waals surface area contributed by atoms with Gasteiger partial charge in [-0.05, 0) is 30.3 Å². The van der Waals surface area contributed by atoms with Crippen molar-refractivity contribution in [2.75, 3.05) is 20.2 Å². The van der Waals surface area contributed by atoms with Crippen molar-refractivity contribution in [1.29, 1.82) is 0 Å². The van der Waals surface area contributed by atoms with Crippen LogP contribution in [0.1, 0.15) is 11.3 Å². The van der Waals surface area contributed by atoms with Crippen LogP contribution in [0.25, 0.3) is 0 Å². The van der Waals surface area contributed by atoms with E-state index in [0.29, 0.717) is 36.8 Å². The van der Waals surface area contributed by atoms with Gasteiger partial charge in [0.25, 0.3) is 0 Å². The summed E-state index contributed by atoms with van der Waals surface area (Å²) < 4.78 is 40.2. The number of furan rings is 1. The Morgan fingerprint density at radius 1 is 1.32 bits per heavy atom. The first-order valence-electron chi connectivity index (χ1n) is 8.39. The number of hydrogen-bond acceptors (Lipinski definition) is 4. The molecular weight excluding hydrogens is 483 g/mol. The number of nitrogens with one attached hydrogen (secondary N) is 2. The van der Waals surface area contributed by atoms with Crippen LogP contribution in [-0.4, -0.2) is 32.8 Å². The quantitative estimate of drug-likeness (QED) is 0.221. The predicted molar refractivity (Wildman–Crippen MR) is 115 cm³/mol. The smallest absolute Gasteiger partial charge is 0.387 e. The van der Waals surface area contributed by atoms with E-state index in [4.69, 9.17) is 9.15 Å². The number of nitrogens with zero attached hydrogens (tertiary/aromatic N) is 1. The lowest BCUT2D eigenvalue weighted by Crippen LogP contribution is -2.38. The maximum absolute atomic E-state index is 12.6. The molecule has 1 heterocycles. The molecule has 28 heavy (non-hydrogen) atoms. The molecule has 0 radical (unpaired) electrons. The van der Waals surface area contributed by atoms with Gasteiger partial charge in [0, 0.05) is 25.1 Å². The molecule has 0 spiro atoms. The summed E-state index contributed by atoms with van der Waals surface area (Å²) >= 11 is 0. The second kappa shape index (κ2) is 13.0. The third-order valence-electron chi connectivity index (χ3n) is 3.55. The van der Waals surface area contributed by atoms with Crippen molar-refractivity contribution >= 4 is 29.9 Å². The van der Waals surface area contributed by atoms with Gasteiger partial charge in [0.1, 0.15) is 17.3 Å². The normalized spacial score (nSPS) is 10.9. The zero-order chi connectivity index (χ0) is 19.5. The van der Waals surface area contributed by atoms with E-state index < -0.39 is 6.61 Å². The summed E-state index contributed by atoms with van der Waals surface area (Å²) in [4.78, 5) is 4.43. The van der Waals surface area contributed by atoms with E-state index in [1.54, 1.807) is 24.5 Å². The molecule has 1 aromatic carbocycles. The molecule has 0 fully saturated rings. The molecule has 0 saturated heterocycles. The fourth-order valence-electron chi connectivity index (χ4n) is 2.28. The standard InChI is InChI=1S/C19H23F2N3O3.HI/c1-3-9-22-19(23-10-8-15-5-4-11-26-15)24-13-14-12-16(25-2)6-7-17(14)27-18(20)21;/h3-7,11-12,18H,1,8-10,13H2,2H3,(H2,22,23,24);1H. The number of halogens is 3. The minimum Gasteiger partial charge on any atom is -0.497 e. The van der Waals surface area contributed by atoms with Crippen LogP contribution < -0.4 is 20.1 Å². The van der Waals surface area contributed by atoms with Crippen LogP contribution in [0.5, 0.6) is 11.5 Å². The Bertz CT molecular complexity index is 740. The number of hydrogen-bond donors (Lipinski definition) is 2. The van der Waals surface area contributed by atoms with Crippen LogP contribution in [0.3, 0.4) is 0 Å². The van der Waals surface area contributed by atoms with Gasteiger partial charge >= 0.3 is 6.61 Å². The summed E-state index contributed by atoms with van der Waals surface area (Å²) in [5, 5.41) is 6.24. The summed E-state index contributed by atoms with van der Waals surface area (Å²) in [5.41, 5.74) is 0.486. The van der Waals surface area contributed by atoms with Gasteiger partial charge in [-0.3, -0.25) is 0 Å². The van der Waals surface area contributed by atoms with Gasteiger partial charge in [0.05, 0.1) is 19.9 Å². The molecule has 0 aliphatic carbocycles.